The summed E-state index contributed by atoms with van der Waals surface area (Å²) < 4.78 is 11.7. The molecular weight excluding hydrogens is 276 g/mol. The predicted octanol–water partition coefficient (Wildman–Crippen LogP) is 3.49. The third-order valence-corrected chi connectivity index (χ3v) is 3.71. The molecule has 1 aliphatic rings. The molecule has 0 radical (unpaired) electrons. The minimum atomic E-state index is -0.477. The van der Waals surface area contributed by atoms with Gasteiger partial charge in [0.15, 0.2) is 6.29 Å². The lowest BCUT2D eigenvalue weighted by Gasteiger charge is -2.15. The summed E-state index contributed by atoms with van der Waals surface area (Å²) in [7, 11) is 0. The van der Waals surface area contributed by atoms with Crippen LogP contribution in [0.2, 0.25) is 5.02 Å². The Morgan fingerprint density at radius 3 is 2.35 bits per heavy atom. The SMILES string of the molecule is OCC1OC(c2ccccc2)OC1c1ccccc1Cl. The van der Waals surface area contributed by atoms with Crippen LogP contribution in [0.1, 0.15) is 23.5 Å². The molecule has 104 valence electrons. The molecule has 20 heavy (non-hydrogen) atoms. The van der Waals surface area contributed by atoms with Crippen LogP contribution >= 0.6 is 11.6 Å². The second-order valence-corrected chi connectivity index (χ2v) is 5.09. The summed E-state index contributed by atoms with van der Waals surface area (Å²) in [6.45, 7) is -0.112. The largest absolute Gasteiger partial charge is 0.394 e. The lowest BCUT2D eigenvalue weighted by atomic mass is 10.1. The van der Waals surface area contributed by atoms with Crippen molar-refractivity contribution in [1.29, 1.82) is 0 Å². The Morgan fingerprint density at radius 1 is 0.950 bits per heavy atom. The molecule has 4 heteroatoms. The molecule has 3 nitrogen and oxygen atoms in total. The lowest BCUT2D eigenvalue weighted by Crippen LogP contribution is -2.19. The average molecular weight is 291 g/mol. The zero-order valence-electron chi connectivity index (χ0n) is 10.8. The predicted molar refractivity (Wildman–Crippen MR) is 76.4 cm³/mol. The van der Waals surface area contributed by atoms with Gasteiger partial charge in [0.1, 0.15) is 12.2 Å². The van der Waals surface area contributed by atoms with E-state index in [-0.39, 0.29) is 12.7 Å². The fourth-order valence-corrected chi connectivity index (χ4v) is 2.61. The second-order valence-electron chi connectivity index (χ2n) is 4.68. The van der Waals surface area contributed by atoms with E-state index in [2.05, 4.69) is 0 Å². The monoisotopic (exact) mass is 290 g/mol. The smallest absolute Gasteiger partial charge is 0.185 e. The standard InChI is InChI=1S/C16H15ClO3/c17-13-9-5-4-8-12(13)15-14(10-18)19-16(20-15)11-6-2-1-3-7-11/h1-9,14-16,18H,10H2. The van der Waals surface area contributed by atoms with Gasteiger partial charge in [-0.1, -0.05) is 60.1 Å². The number of aliphatic hydroxyl groups excluding tert-OH is 1. The van der Waals surface area contributed by atoms with Crippen molar-refractivity contribution in [1.82, 2.24) is 0 Å². The van der Waals surface area contributed by atoms with Crippen LogP contribution in [-0.2, 0) is 9.47 Å². The fourth-order valence-electron chi connectivity index (χ4n) is 2.37. The molecule has 1 aliphatic heterocycles. The van der Waals surface area contributed by atoms with Crippen LogP contribution in [0, 0.1) is 0 Å². The first-order valence-electron chi connectivity index (χ1n) is 6.50. The molecule has 1 N–H and O–H groups in total. The zero-order chi connectivity index (χ0) is 13.9. The van der Waals surface area contributed by atoms with E-state index in [9.17, 15) is 5.11 Å². The Labute approximate surface area is 122 Å². The van der Waals surface area contributed by atoms with Crippen LogP contribution in [0.15, 0.2) is 54.6 Å². The van der Waals surface area contributed by atoms with E-state index in [1.807, 2.05) is 54.6 Å². The number of halogens is 1. The topological polar surface area (TPSA) is 38.7 Å². The Balaban J connectivity index is 1.87. The minimum absolute atomic E-state index is 0.112. The summed E-state index contributed by atoms with van der Waals surface area (Å²) >= 11 is 6.20. The van der Waals surface area contributed by atoms with Crippen molar-refractivity contribution in [3.05, 3.63) is 70.7 Å². The molecule has 0 aromatic heterocycles. The number of hydrogen-bond donors (Lipinski definition) is 1. The third kappa shape index (κ3) is 2.58. The van der Waals surface area contributed by atoms with E-state index in [1.165, 1.54) is 0 Å². The van der Waals surface area contributed by atoms with Crippen LogP contribution in [0.3, 0.4) is 0 Å². The van der Waals surface area contributed by atoms with Gasteiger partial charge in [-0.05, 0) is 6.07 Å². The number of ether oxygens (including phenoxy) is 2. The van der Waals surface area contributed by atoms with Gasteiger partial charge in [0.2, 0.25) is 0 Å². The van der Waals surface area contributed by atoms with Crippen molar-refractivity contribution in [2.45, 2.75) is 18.5 Å². The molecular formula is C16H15ClO3. The normalized spacial score (nSPS) is 25.8. The summed E-state index contributed by atoms with van der Waals surface area (Å²) in [4.78, 5) is 0. The highest BCUT2D eigenvalue weighted by atomic mass is 35.5. The van der Waals surface area contributed by atoms with Crippen molar-refractivity contribution in [3.63, 3.8) is 0 Å². The zero-order valence-corrected chi connectivity index (χ0v) is 11.5. The molecule has 1 heterocycles. The fraction of sp³-hybridized carbons (Fsp3) is 0.250. The molecule has 2 aromatic carbocycles. The van der Waals surface area contributed by atoms with Crippen molar-refractivity contribution >= 4 is 11.6 Å². The summed E-state index contributed by atoms with van der Waals surface area (Å²) in [5, 5.41) is 10.1. The van der Waals surface area contributed by atoms with Gasteiger partial charge in [-0.3, -0.25) is 0 Å². The average Bonchev–Trinajstić information content (AvgIpc) is 2.93. The molecule has 3 unspecified atom stereocenters. The Morgan fingerprint density at radius 2 is 1.65 bits per heavy atom. The second kappa shape index (κ2) is 5.94. The molecule has 2 aromatic rings. The summed E-state index contributed by atoms with van der Waals surface area (Å²) in [6, 6.07) is 17.1. The van der Waals surface area contributed by atoms with E-state index in [0.717, 1.165) is 11.1 Å². The number of benzene rings is 2. The highest BCUT2D eigenvalue weighted by molar-refractivity contribution is 6.31. The maximum Gasteiger partial charge on any atom is 0.185 e. The molecule has 1 saturated heterocycles. The maximum atomic E-state index is 9.51. The summed E-state index contributed by atoms with van der Waals surface area (Å²) in [5.41, 5.74) is 1.77. The van der Waals surface area contributed by atoms with E-state index in [4.69, 9.17) is 21.1 Å². The van der Waals surface area contributed by atoms with Crippen LogP contribution in [0.4, 0.5) is 0 Å². The Bertz CT molecular complexity index is 573. The first kappa shape index (κ1) is 13.6. The third-order valence-electron chi connectivity index (χ3n) is 3.37. The number of aliphatic hydroxyl groups is 1. The van der Waals surface area contributed by atoms with Crippen LogP contribution in [0.25, 0.3) is 0 Å². The first-order valence-corrected chi connectivity index (χ1v) is 6.88. The van der Waals surface area contributed by atoms with Gasteiger partial charge in [-0.25, -0.2) is 0 Å². The van der Waals surface area contributed by atoms with E-state index < -0.39 is 12.4 Å². The molecule has 0 saturated carbocycles. The lowest BCUT2D eigenvalue weighted by molar-refractivity contribution is -0.0739. The van der Waals surface area contributed by atoms with Gasteiger partial charge in [-0.15, -0.1) is 0 Å². The van der Waals surface area contributed by atoms with Crippen LogP contribution < -0.4 is 0 Å². The number of hydrogen-bond acceptors (Lipinski definition) is 3. The van der Waals surface area contributed by atoms with Crippen LogP contribution in [-0.4, -0.2) is 17.8 Å². The van der Waals surface area contributed by atoms with Gasteiger partial charge >= 0.3 is 0 Å². The molecule has 3 atom stereocenters. The maximum absolute atomic E-state index is 9.51. The minimum Gasteiger partial charge on any atom is -0.394 e. The van der Waals surface area contributed by atoms with Crippen molar-refractivity contribution < 1.29 is 14.6 Å². The van der Waals surface area contributed by atoms with E-state index >= 15 is 0 Å². The van der Waals surface area contributed by atoms with Crippen molar-refractivity contribution in [3.8, 4) is 0 Å². The molecule has 0 spiro atoms. The molecule has 1 fully saturated rings. The molecule has 0 aliphatic carbocycles. The molecule has 0 bridgehead atoms. The van der Waals surface area contributed by atoms with Crippen molar-refractivity contribution in [2.75, 3.05) is 6.61 Å². The quantitative estimate of drug-likeness (QED) is 0.940. The summed E-state index contributed by atoms with van der Waals surface area (Å²) in [6.07, 6.45) is -1.26. The van der Waals surface area contributed by atoms with Gasteiger partial charge in [-0.2, -0.15) is 0 Å². The number of rotatable bonds is 3. The van der Waals surface area contributed by atoms with Gasteiger partial charge in [0, 0.05) is 16.1 Å². The Kier molecular flexibility index (Phi) is 4.03. The molecule has 3 rings (SSSR count). The highest BCUT2D eigenvalue weighted by Crippen LogP contribution is 2.41. The van der Waals surface area contributed by atoms with Gasteiger partial charge in [0.25, 0.3) is 0 Å². The van der Waals surface area contributed by atoms with Gasteiger partial charge < -0.3 is 14.6 Å². The summed E-state index contributed by atoms with van der Waals surface area (Å²) in [5.74, 6) is 0. The van der Waals surface area contributed by atoms with Crippen molar-refractivity contribution in [2.24, 2.45) is 0 Å². The highest BCUT2D eigenvalue weighted by Gasteiger charge is 2.38. The van der Waals surface area contributed by atoms with E-state index in [1.54, 1.807) is 0 Å². The first-order chi connectivity index (χ1) is 9.79. The Hall–Kier alpha value is -1.39. The van der Waals surface area contributed by atoms with Crippen LogP contribution in [0.5, 0.6) is 0 Å². The van der Waals surface area contributed by atoms with E-state index in [0.29, 0.717) is 5.02 Å². The van der Waals surface area contributed by atoms with Gasteiger partial charge in [0.05, 0.1) is 6.61 Å². The molecule has 0 amide bonds.